The predicted molar refractivity (Wildman–Crippen MR) is 102 cm³/mol. The summed E-state index contributed by atoms with van der Waals surface area (Å²) in [6, 6.07) is 14.2. The van der Waals surface area contributed by atoms with Crippen molar-refractivity contribution in [2.45, 2.75) is 37.0 Å². The standard InChI is InChI=1S/C20H20Cl2O6/c21-13-5-1-3-11(7-13)19-26-10-16(27-19)18-17(24)15(23)9-25-20(28-18)12-4-2-6-14(22)8-12/h1-8,15-20,23-24H,9-10H2/t15-,16+,17-,18-,19?,20?/m1/s1. The summed E-state index contributed by atoms with van der Waals surface area (Å²) in [5.74, 6) is 0. The second-order valence-electron chi connectivity index (χ2n) is 6.77. The normalized spacial score (nSPS) is 33.6. The molecule has 0 aliphatic carbocycles. The molecule has 2 aliphatic rings. The highest BCUT2D eigenvalue weighted by Gasteiger charge is 2.44. The van der Waals surface area contributed by atoms with Crippen molar-refractivity contribution in [1.29, 1.82) is 0 Å². The van der Waals surface area contributed by atoms with Crippen LogP contribution >= 0.6 is 23.2 Å². The highest BCUT2D eigenvalue weighted by Crippen LogP contribution is 2.35. The maximum Gasteiger partial charge on any atom is 0.184 e. The molecular weight excluding hydrogens is 407 g/mol. The van der Waals surface area contributed by atoms with Gasteiger partial charge in [-0.1, -0.05) is 47.5 Å². The number of rotatable bonds is 3. The lowest BCUT2D eigenvalue weighted by molar-refractivity contribution is -0.200. The molecule has 2 fully saturated rings. The number of aliphatic hydroxyl groups is 2. The van der Waals surface area contributed by atoms with Crippen LogP contribution in [0.25, 0.3) is 0 Å². The Bertz CT molecular complexity index is 819. The Balaban J connectivity index is 1.53. The lowest BCUT2D eigenvalue weighted by Gasteiger charge is -2.28. The Labute approximate surface area is 172 Å². The van der Waals surface area contributed by atoms with Crippen molar-refractivity contribution in [1.82, 2.24) is 0 Å². The van der Waals surface area contributed by atoms with Crippen molar-refractivity contribution < 1.29 is 29.2 Å². The van der Waals surface area contributed by atoms with Gasteiger partial charge < -0.3 is 29.2 Å². The molecule has 6 atom stereocenters. The maximum atomic E-state index is 10.6. The molecule has 8 heteroatoms. The number of hydrogen-bond donors (Lipinski definition) is 2. The molecule has 150 valence electrons. The zero-order chi connectivity index (χ0) is 19.7. The van der Waals surface area contributed by atoms with E-state index in [0.717, 1.165) is 5.56 Å². The van der Waals surface area contributed by atoms with Gasteiger partial charge in [0.1, 0.15) is 24.4 Å². The van der Waals surface area contributed by atoms with Crippen molar-refractivity contribution >= 4 is 23.2 Å². The molecule has 28 heavy (non-hydrogen) atoms. The van der Waals surface area contributed by atoms with E-state index in [4.69, 9.17) is 42.1 Å². The average molecular weight is 427 g/mol. The first kappa shape index (κ1) is 20.1. The Morgan fingerprint density at radius 3 is 1.96 bits per heavy atom. The van der Waals surface area contributed by atoms with E-state index in [1.165, 1.54) is 0 Å². The molecule has 6 nitrogen and oxygen atoms in total. The topological polar surface area (TPSA) is 77.4 Å². The molecule has 0 radical (unpaired) electrons. The van der Waals surface area contributed by atoms with Gasteiger partial charge in [0.05, 0.1) is 13.2 Å². The summed E-state index contributed by atoms with van der Waals surface area (Å²) in [5, 5.41) is 21.9. The molecule has 2 aromatic rings. The van der Waals surface area contributed by atoms with E-state index in [2.05, 4.69) is 0 Å². The first-order valence-electron chi connectivity index (χ1n) is 8.92. The fourth-order valence-corrected chi connectivity index (χ4v) is 3.72. The van der Waals surface area contributed by atoms with Gasteiger partial charge in [0.2, 0.25) is 0 Å². The van der Waals surface area contributed by atoms with E-state index in [1.54, 1.807) is 36.4 Å². The second kappa shape index (κ2) is 8.65. The lowest BCUT2D eigenvalue weighted by atomic mass is 10.0. The third-order valence-corrected chi connectivity index (χ3v) is 5.22. The third-order valence-electron chi connectivity index (χ3n) is 4.75. The molecule has 4 rings (SSSR count). The van der Waals surface area contributed by atoms with Crippen LogP contribution in [0.2, 0.25) is 10.0 Å². The van der Waals surface area contributed by atoms with Gasteiger partial charge in [-0.25, -0.2) is 0 Å². The summed E-state index contributed by atoms with van der Waals surface area (Å²) in [6.07, 6.45) is -5.21. The Morgan fingerprint density at radius 1 is 0.786 bits per heavy atom. The third kappa shape index (κ3) is 4.35. The van der Waals surface area contributed by atoms with Crippen molar-refractivity contribution in [3.63, 3.8) is 0 Å². The molecule has 2 N–H and O–H groups in total. The Hall–Kier alpha value is -1.22. The summed E-state index contributed by atoms with van der Waals surface area (Å²) >= 11 is 12.1. The summed E-state index contributed by atoms with van der Waals surface area (Å²) in [5.41, 5.74) is 1.45. The zero-order valence-electron chi connectivity index (χ0n) is 14.8. The van der Waals surface area contributed by atoms with Crippen LogP contribution in [0.1, 0.15) is 23.7 Å². The van der Waals surface area contributed by atoms with Gasteiger partial charge in [-0.15, -0.1) is 0 Å². The summed E-state index contributed by atoms with van der Waals surface area (Å²) in [4.78, 5) is 0. The van der Waals surface area contributed by atoms with Gasteiger partial charge in [0.25, 0.3) is 0 Å². The first-order valence-corrected chi connectivity index (χ1v) is 9.68. The molecule has 2 saturated heterocycles. The average Bonchev–Trinajstić information content (AvgIpc) is 3.12. The highest BCUT2D eigenvalue weighted by molar-refractivity contribution is 6.30. The van der Waals surface area contributed by atoms with Gasteiger partial charge in [0, 0.05) is 21.2 Å². The van der Waals surface area contributed by atoms with E-state index >= 15 is 0 Å². The minimum absolute atomic E-state index is 0.0832. The van der Waals surface area contributed by atoms with Crippen LogP contribution in [0, 0.1) is 0 Å². The highest BCUT2D eigenvalue weighted by atomic mass is 35.5. The zero-order valence-corrected chi connectivity index (χ0v) is 16.3. The van der Waals surface area contributed by atoms with Crippen molar-refractivity contribution in [3.05, 3.63) is 69.7 Å². The molecule has 2 aliphatic heterocycles. The van der Waals surface area contributed by atoms with Crippen molar-refractivity contribution in [2.24, 2.45) is 0 Å². The van der Waals surface area contributed by atoms with E-state index in [0.29, 0.717) is 15.6 Å². The van der Waals surface area contributed by atoms with Crippen LogP contribution in [0.4, 0.5) is 0 Å². The van der Waals surface area contributed by atoms with E-state index in [1.807, 2.05) is 12.1 Å². The molecular formula is C20H20Cl2O6. The lowest BCUT2D eigenvalue weighted by Crippen LogP contribution is -2.46. The number of halogens is 2. The van der Waals surface area contributed by atoms with Crippen molar-refractivity contribution in [2.75, 3.05) is 13.2 Å². The second-order valence-corrected chi connectivity index (χ2v) is 7.65. The van der Waals surface area contributed by atoms with Crippen LogP contribution in [-0.4, -0.2) is 47.8 Å². The van der Waals surface area contributed by atoms with Gasteiger partial charge in [-0.05, 0) is 24.3 Å². The Morgan fingerprint density at radius 2 is 1.36 bits per heavy atom. The SMILES string of the molecule is O[C@H]1[C@@H]([C@@H]2COC(c3cccc(Cl)c3)O2)OC(c2cccc(Cl)c2)OC[C@H]1O. The van der Waals surface area contributed by atoms with Crippen LogP contribution in [0.5, 0.6) is 0 Å². The van der Waals surface area contributed by atoms with Crippen molar-refractivity contribution in [3.8, 4) is 0 Å². The molecule has 2 unspecified atom stereocenters. The monoisotopic (exact) mass is 426 g/mol. The summed E-state index contributed by atoms with van der Waals surface area (Å²) < 4.78 is 23.3. The molecule has 0 amide bonds. The van der Waals surface area contributed by atoms with E-state index < -0.39 is 37.0 Å². The number of ether oxygens (including phenoxy) is 4. The predicted octanol–water partition coefficient (Wildman–Crippen LogP) is 3.24. The first-order chi connectivity index (χ1) is 13.5. The van der Waals surface area contributed by atoms with E-state index in [9.17, 15) is 10.2 Å². The number of hydrogen-bond acceptors (Lipinski definition) is 6. The molecule has 2 heterocycles. The molecule has 0 spiro atoms. The maximum absolute atomic E-state index is 10.6. The van der Waals surface area contributed by atoms with Gasteiger partial charge >= 0.3 is 0 Å². The summed E-state index contributed by atoms with van der Waals surface area (Å²) in [6.45, 7) is 0.105. The van der Waals surface area contributed by atoms with Gasteiger partial charge in [0.15, 0.2) is 12.6 Å². The van der Waals surface area contributed by atoms with Crippen LogP contribution < -0.4 is 0 Å². The van der Waals surface area contributed by atoms with Gasteiger partial charge in [-0.3, -0.25) is 0 Å². The Kier molecular flexibility index (Phi) is 6.20. The molecule has 0 bridgehead atoms. The summed E-state index contributed by atoms with van der Waals surface area (Å²) in [7, 11) is 0. The number of aliphatic hydroxyl groups excluding tert-OH is 2. The minimum Gasteiger partial charge on any atom is -0.388 e. The fraction of sp³-hybridized carbons (Fsp3) is 0.400. The largest absolute Gasteiger partial charge is 0.388 e. The quantitative estimate of drug-likeness (QED) is 0.784. The van der Waals surface area contributed by atoms with Crippen LogP contribution in [-0.2, 0) is 18.9 Å². The number of benzene rings is 2. The minimum atomic E-state index is -1.20. The smallest absolute Gasteiger partial charge is 0.184 e. The van der Waals surface area contributed by atoms with Crippen LogP contribution in [0.3, 0.4) is 0 Å². The van der Waals surface area contributed by atoms with Crippen LogP contribution in [0.15, 0.2) is 48.5 Å². The molecule has 2 aromatic carbocycles. The fourth-order valence-electron chi connectivity index (χ4n) is 3.32. The van der Waals surface area contributed by atoms with E-state index in [-0.39, 0.29) is 13.2 Å². The molecule has 0 aromatic heterocycles. The molecule has 0 saturated carbocycles. The van der Waals surface area contributed by atoms with Gasteiger partial charge in [-0.2, -0.15) is 0 Å².